The predicted octanol–water partition coefficient (Wildman–Crippen LogP) is 1.85. The number of aromatic nitrogens is 1. The van der Waals surface area contributed by atoms with E-state index >= 15 is 0 Å². The van der Waals surface area contributed by atoms with Crippen molar-refractivity contribution in [3.8, 4) is 0 Å². The minimum Gasteiger partial charge on any atom is -0.409 e. The average Bonchev–Trinajstić information content (AvgIpc) is 2.54. The quantitative estimate of drug-likeness (QED) is 0.367. The average molecular weight is 284 g/mol. The Bertz CT molecular complexity index is 598. The lowest BCUT2D eigenvalue weighted by Gasteiger charge is -2.18. The second-order valence-corrected chi connectivity index (χ2v) is 4.97. The van der Waals surface area contributed by atoms with Crippen molar-refractivity contribution < 1.29 is 5.21 Å². The summed E-state index contributed by atoms with van der Waals surface area (Å²) in [5, 5.41) is 11.8. The van der Waals surface area contributed by atoms with Crippen LogP contribution in [-0.4, -0.2) is 34.5 Å². The van der Waals surface area contributed by atoms with Crippen LogP contribution in [0.2, 0.25) is 0 Å². The number of benzene rings is 1. The van der Waals surface area contributed by atoms with Crippen LogP contribution in [0.5, 0.6) is 0 Å². The maximum Gasteiger partial charge on any atom is 0.189 e. The van der Waals surface area contributed by atoms with E-state index in [1.807, 2.05) is 37.4 Å². The van der Waals surface area contributed by atoms with Crippen molar-refractivity contribution in [1.29, 1.82) is 0 Å². The Kier molecular flexibility index (Phi) is 5.29. The van der Waals surface area contributed by atoms with Crippen molar-refractivity contribution in [1.82, 2.24) is 9.88 Å². The van der Waals surface area contributed by atoms with Crippen molar-refractivity contribution >= 4 is 5.84 Å². The molecule has 0 amide bonds. The number of oxime groups is 1. The number of likely N-dealkylation sites (N-methyl/N-ethyl adjacent to an activating group) is 1. The molecule has 0 unspecified atom stereocenters. The van der Waals surface area contributed by atoms with Gasteiger partial charge in [0, 0.05) is 19.3 Å². The van der Waals surface area contributed by atoms with E-state index < -0.39 is 0 Å². The van der Waals surface area contributed by atoms with Crippen molar-refractivity contribution in [2.75, 3.05) is 13.6 Å². The molecule has 0 aliphatic heterocycles. The molecule has 1 aromatic carbocycles. The first-order valence-corrected chi connectivity index (χ1v) is 6.85. The van der Waals surface area contributed by atoms with Crippen LogP contribution in [-0.2, 0) is 13.0 Å². The van der Waals surface area contributed by atoms with Gasteiger partial charge >= 0.3 is 0 Å². The maximum absolute atomic E-state index is 8.81. The number of amidine groups is 1. The molecule has 5 heteroatoms. The molecule has 0 aliphatic rings. The van der Waals surface area contributed by atoms with Gasteiger partial charge in [-0.3, -0.25) is 4.98 Å². The van der Waals surface area contributed by atoms with Gasteiger partial charge in [-0.25, -0.2) is 0 Å². The van der Waals surface area contributed by atoms with Gasteiger partial charge in [0.2, 0.25) is 0 Å². The van der Waals surface area contributed by atoms with E-state index in [9.17, 15) is 0 Å². The Hall–Kier alpha value is -2.40. The first-order valence-electron chi connectivity index (χ1n) is 6.85. The molecule has 0 saturated heterocycles. The van der Waals surface area contributed by atoms with Gasteiger partial charge in [0.05, 0.1) is 0 Å². The third kappa shape index (κ3) is 4.29. The van der Waals surface area contributed by atoms with Crippen molar-refractivity contribution in [3.05, 3.63) is 65.5 Å². The van der Waals surface area contributed by atoms with Gasteiger partial charge in [-0.15, -0.1) is 0 Å². The van der Waals surface area contributed by atoms with Crippen LogP contribution < -0.4 is 5.73 Å². The molecule has 21 heavy (non-hydrogen) atoms. The molecule has 2 rings (SSSR count). The molecule has 110 valence electrons. The van der Waals surface area contributed by atoms with Gasteiger partial charge in [-0.1, -0.05) is 41.6 Å². The van der Waals surface area contributed by atoms with Crippen LogP contribution in [0.4, 0.5) is 0 Å². The number of pyridine rings is 1. The lowest BCUT2D eigenvalue weighted by molar-refractivity contribution is 0.317. The Morgan fingerprint density at radius 2 is 2.00 bits per heavy atom. The van der Waals surface area contributed by atoms with Crippen molar-refractivity contribution in [2.24, 2.45) is 10.9 Å². The molecule has 0 spiro atoms. The van der Waals surface area contributed by atoms with Crippen LogP contribution >= 0.6 is 0 Å². The minimum absolute atomic E-state index is 0.0436. The van der Waals surface area contributed by atoms with E-state index in [-0.39, 0.29) is 5.84 Å². The van der Waals surface area contributed by atoms with Gasteiger partial charge in [-0.2, -0.15) is 0 Å². The first kappa shape index (κ1) is 15.0. The standard InChI is InChI=1S/C16H20N4O/c1-20(11-9-13-6-3-2-4-7-13)12-14-8-5-10-18-15(14)16(17)19-21/h2-8,10,21H,9,11-12H2,1H3,(H2,17,19). The number of nitrogens with two attached hydrogens (primary N) is 1. The highest BCUT2D eigenvalue weighted by Crippen LogP contribution is 2.09. The largest absolute Gasteiger partial charge is 0.409 e. The molecule has 0 aliphatic carbocycles. The first-order chi connectivity index (χ1) is 10.2. The van der Waals surface area contributed by atoms with Gasteiger partial charge in [-0.05, 0) is 30.7 Å². The van der Waals surface area contributed by atoms with Crippen LogP contribution in [0, 0.1) is 0 Å². The summed E-state index contributed by atoms with van der Waals surface area (Å²) in [6.07, 6.45) is 2.62. The molecule has 0 bridgehead atoms. The fourth-order valence-electron chi connectivity index (χ4n) is 2.18. The molecule has 1 heterocycles. The summed E-state index contributed by atoms with van der Waals surface area (Å²) >= 11 is 0. The summed E-state index contributed by atoms with van der Waals surface area (Å²) < 4.78 is 0. The highest BCUT2D eigenvalue weighted by molar-refractivity contribution is 5.96. The van der Waals surface area contributed by atoms with Gasteiger partial charge in [0.25, 0.3) is 0 Å². The lowest BCUT2D eigenvalue weighted by atomic mass is 10.1. The Labute approximate surface area is 124 Å². The smallest absolute Gasteiger partial charge is 0.189 e. The second-order valence-electron chi connectivity index (χ2n) is 4.97. The zero-order valence-electron chi connectivity index (χ0n) is 12.1. The van der Waals surface area contributed by atoms with Crippen LogP contribution in [0.1, 0.15) is 16.8 Å². The Balaban J connectivity index is 1.98. The molecule has 1 aromatic heterocycles. The van der Waals surface area contributed by atoms with Crippen molar-refractivity contribution in [3.63, 3.8) is 0 Å². The molecule has 3 N–H and O–H groups in total. The molecule has 0 saturated carbocycles. The second kappa shape index (κ2) is 7.40. The zero-order chi connectivity index (χ0) is 15.1. The van der Waals surface area contributed by atoms with Gasteiger partial charge in [0.15, 0.2) is 5.84 Å². The molecule has 0 fully saturated rings. The van der Waals surface area contributed by atoms with E-state index in [0.717, 1.165) is 18.5 Å². The number of nitrogens with zero attached hydrogens (tertiary/aromatic N) is 3. The fourth-order valence-corrected chi connectivity index (χ4v) is 2.18. The van der Waals surface area contributed by atoms with Gasteiger partial charge < -0.3 is 15.8 Å². The number of rotatable bonds is 6. The summed E-state index contributed by atoms with van der Waals surface area (Å²) in [7, 11) is 2.05. The summed E-state index contributed by atoms with van der Waals surface area (Å²) in [5.41, 5.74) is 8.45. The SMILES string of the molecule is CN(CCc1ccccc1)Cc1cccnc1C(N)=NO. The Morgan fingerprint density at radius 3 is 2.71 bits per heavy atom. The highest BCUT2D eigenvalue weighted by atomic mass is 16.4. The van der Waals surface area contributed by atoms with E-state index in [0.29, 0.717) is 12.2 Å². The normalized spacial score (nSPS) is 11.8. The minimum atomic E-state index is 0.0436. The fraction of sp³-hybridized carbons (Fsp3) is 0.250. The highest BCUT2D eigenvalue weighted by Gasteiger charge is 2.10. The molecule has 0 atom stereocenters. The predicted molar refractivity (Wildman–Crippen MR) is 83.2 cm³/mol. The van der Waals surface area contributed by atoms with Crippen molar-refractivity contribution in [2.45, 2.75) is 13.0 Å². The van der Waals surface area contributed by atoms with E-state index in [4.69, 9.17) is 10.9 Å². The van der Waals surface area contributed by atoms with E-state index in [2.05, 4.69) is 27.2 Å². The van der Waals surface area contributed by atoms with E-state index in [1.54, 1.807) is 6.20 Å². The summed E-state index contributed by atoms with van der Waals surface area (Å²) in [6.45, 7) is 1.63. The summed E-state index contributed by atoms with van der Waals surface area (Å²) in [6, 6.07) is 14.2. The number of hydrogen-bond donors (Lipinski definition) is 2. The van der Waals surface area contributed by atoms with E-state index in [1.165, 1.54) is 5.56 Å². The van der Waals surface area contributed by atoms with Crippen LogP contribution in [0.3, 0.4) is 0 Å². The van der Waals surface area contributed by atoms with Crippen LogP contribution in [0.15, 0.2) is 53.8 Å². The summed E-state index contributed by atoms with van der Waals surface area (Å²) in [5.74, 6) is 0.0436. The maximum atomic E-state index is 8.81. The summed E-state index contributed by atoms with van der Waals surface area (Å²) in [4.78, 5) is 6.37. The third-order valence-corrected chi connectivity index (χ3v) is 3.31. The number of hydrogen-bond acceptors (Lipinski definition) is 4. The van der Waals surface area contributed by atoms with Gasteiger partial charge in [0.1, 0.15) is 5.69 Å². The molecular weight excluding hydrogens is 264 g/mol. The molecule has 5 nitrogen and oxygen atoms in total. The Morgan fingerprint density at radius 1 is 1.24 bits per heavy atom. The molecule has 2 aromatic rings. The molecular formula is C16H20N4O. The monoisotopic (exact) mass is 284 g/mol. The lowest BCUT2D eigenvalue weighted by Crippen LogP contribution is -2.24. The topological polar surface area (TPSA) is 74.7 Å². The third-order valence-electron chi connectivity index (χ3n) is 3.31. The van der Waals surface area contributed by atoms with Crippen LogP contribution in [0.25, 0.3) is 0 Å². The molecule has 0 radical (unpaired) electrons. The zero-order valence-corrected chi connectivity index (χ0v) is 12.1.